The Kier molecular flexibility index (Phi) is 3.40. The lowest BCUT2D eigenvalue weighted by molar-refractivity contribution is -0.233. The van der Waals surface area contributed by atoms with Crippen molar-refractivity contribution in [2.75, 3.05) is 13.2 Å². The fourth-order valence-electron chi connectivity index (χ4n) is 6.43. The van der Waals surface area contributed by atoms with Gasteiger partial charge in [-0.15, -0.1) is 0 Å². The highest BCUT2D eigenvalue weighted by molar-refractivity contribution is 9.09. The fourth-order valence-corrected chi connectivity index (χ4v) is 7.62. The lowest BCUT2D eigenvalue weighted by Gasteiger charge is -2.52. The Bertz CT molecular complexity index is 669. The second-order valence-corrected chi connectivity index (χ2v) is 9.43. The zero-order valence-corrected chi connectivity index (χ0v) is 15.7. The van der Waals surface area contributed by atoms with Crippen LogP contribution in [0.3, 0.4) is 0 Å². The average Bonchev–Trinajstić information content (AvgIpc) is 3.15. The van der Waals surface area contributed by atoms with E-state index in [1.165, 1.54) is 24.0 Å². The number of hydrogen-bond donors (Lipinski definition) is 1. The topological polar surface area (TPSA) is 38.7 Å². The third kappa shape index (κ3) is 1.85. The van der Waals surface area contributed by atoms with Gasteiger partial charge in [0.15, 0.2) is 5.79 Å². The highest BCUT2D eigenvalue weighted by Crippen LogP contribution is 2.67. The van der Waals surface area contributed by atoms with E-state index in [4.69, 9.17) is 9.47 Å². The minimum atomic E-state index is -0.419. The van der Waals surface area contributed by atoms with Gasteiger partial charge in [-0.2, -0.15) is 0 Å². The molecule has 3 fully saturated rings. The van der Waals surface area contributed by atoms with E-state index in [9.17, 15) is 5.11 Å². The number of benzene rings is 1. The molecule has 0 radical (unpaired) electrons. The van der Waals surface area contributed by atoms with Crippen LogP contribution >= 0.6 is 15.9 Å². The monoisotopic (exact) mass is 392 g/mol. The van der Waals surface area contributed by atoms with Crippen LogP contribution in [-0.2, 0) is 15.9 Å². The molecule has 1 saturated heterocycles. The number of fused-ring (bicyclic) bond motifs is 6. The second kappa shape index (κ2) is 5.21. The van der Waals surface area contributed by atoms with E-state index >= 15 is 0 Å². The summed E-state index contributed by atoms with van der Waals surface area (Å²) < 4.78 is 12.5. The molecule has 0 unspecified atom stereocenters. The van der Waals surface area contributed by atoms with Crippen LogP contribution in [0.1, 0.15) is 49.7 Å². The zero-order chi connectivity index (χ0) is 16.5. The van der Waals surface area contributed by atoms with Crippen molar-refractivity contribution in [2.45, 2.75) is 55.6 Å². The molecule has 1 spiro atoms. The van der Waals surface area contributed by atoms with E-state index in [1.54, 1.807) is 0 Å². The SMILES string of the molecule is C[C@]12CC[C@H]3c4ccc(O)cc4CC[C@H]3[C@@H]1C[C@@H](Br)C21OCCO1. The minimum absolute atomic E-state index is 0.104. The van der Waals surface area contributed by atoms with Gasteiger partial charge >= 0.3 is 0 Å². The second-order valence-electron chi connectivity index (χ2n) is 8.32. The van der Waals surface area contributed by atoms with Crippen molar-refractivity contribution in [3.05, 3.63) is 29.3 Å². The third-order valence-corrected chi connectivity index (χ3v) is 8.46. The van der Waals surface area contributed by atoms with Crippen LogP contribution in [0.25, 0.3) is 0 Å². The summed E-state index contributed by atoms with van der Waals surface area (Å²) >= 11 is 3.92. The zero-order valence-electron chi connectivity index (χ0n) is 14.1. The summed E-state index contributed by atoms with van der Waals surface area (Å²) in [6.07, 6.45) is 5.80. The van der Waals surface area contributed by atoms with Gasteiger partial charge in [0.2, 0.25) is 0 Å². The van der Waals surface area contributed by atoms with Gasteiger partial charge in [0.1, 0.15) is 5.75 Å². The molecule has 4 aliphatic rings. The molecule has 3 nitrogen and oxygen atoms in total. The van der Waals surface area contributed by atoms with Gasteiger partial charge in [0, 0.05) is 5.41 Å². The molecule has 0 aromatic heterocycles. The Hall–Kier alpha value is -0.580. The van der Waals surface area contributed by atoms with Crippen LogP contribution in [0.5, 0.6) is 5.75 Å². The molecule has 1 aromatic rings. The lowest BCUT2D eigenvalue weighted by Crippen LogP contribution is -2.53. The number of ether oxygens (including phenoxy) is 2. The maximum Gasteiger partial charge on any atom is 0.186 e. The molecule has 3 aliphatic carbocycles. The molecular weight excluding hydrogens is 368 g/mol. The van der Waals surface area contributed by atoms with Crippen molar-refractivity contribution in [1.82, 2.24) is 0 Å². The van der Waals surface area contributed by atoms with Crippen LogP contribution in [0.2, 0.25) is 0 Å². The first-order chi connectivity index (χ1) is 11.6. The van der Waals surface area contributed by atoms with E-state index in [-0.39, 0.29) is 5.41 Å². The maximum atomic E-state index is 9.81. The first-order valence-corrected chi connectivity index (χ1v) is 10.2. The molecular formula is C20H25BrO3. The predicted molar refractivity (Wildman–Crippen MR) is 95.5 cm³/mol. The smallest absolute Gasteiger partial charge is 0.186 e. The van der Waals surface area contributed by atoms with Crippen molar-refractivity contribution in [3.8, 4) is 5.75 Å². The Labute approximate surface area is 151 Å². The number of phenols is 1. The quantitative estimate of drug-likeness (QED) is 0.666. The normalized spacial score (nSPS) is 42.6. The molecule has 130 valence electrons. The fraction of sp³-hybridized carbons (Fsp3) is 0.700. The number of aryl methyl sites for hydroxylation is 1. The Morgan fingerprint density at radius 2 is 2.00 bits per heavy atom. The number of hydrogen-bond acceptors (Lipinski definition) is 3. The summed E-state index contributed by atoms with van der Waals surface area (Å²) in [5.74, 6) is 1.95. The van der Waals surface area contributed by atoms with Crippen LogP contribution in [0.15, 0.2) is 18.2 Å². The largest absolute Gasteiger partial charge is 0.508 e. The summed E-state index contributed by atoms with van der Waals surface area (Å²) in [6.45, 7) is 3.86. The predicted octanol–water partition coefficient (Wildman–Crippen LogP) is 4.36. The van der Waals surface area contributed by atoms with Gasteiger partial charge in [-0.3, -0.25) is 0 Å². The van der Waals surface area contributed by atoms with E-state index < -0.39 is 5.79 Å². The summed E-state index contributed by atoms with van der Waals surface area (Å²) in [5.41, 5.74) is 2.94. The van der Waals surface area contributed by atoms with E-state index in [2.05, 4.69) is 28.9 Å². The number of halogens is 1. The Morgan fingerprint density at radius 1 is 1.21 bits per heavy atom. The van der Waals surface area contributed by atoms with Gasteiger partial charge in [0.25, 0.3) is 0 Å². The van der Waals surface area contributed by atoms with Crippen molar-refractivity contribution in [3.63, 3.8) is 0 Å². The van der Waals surface area contributed by atoms with Crippen molar-refractivity contribution < 1.29 is 14.6 Å². The average molecular weight is 393 g/mol. The summed E-state index contributed by atoms with van der Waals surface area (Å²) in [5, 5.41) is 9.81. The molecule has 2 saturated carbocycles. The van der Waals surface area contributed by atoms with Crippen molar-refractivity contribution >= 4 is 15.9 Å². The first-order valence-electron chi connectivity index (χ1n) is 9.29. The number of alkyl halides is 1. The van der Waals surface area contributed by atoms with Crippen LogP contribution in [0.4, 0.5) is 0 Å². The summed E-state index contributed by atoms with van der Waals surface area (Å²) in [6, 6.07) is 6.01. The highest BCUT2D eigenvalue weighted by atomic mass is 79.9. The van der Waals surface area contributed by atoms with E-state index in [0.717, 1.165) is 32.5 Å². The molecule has 1 aliphatic heterocycles. The Morgan fingerprint density at radius 3 is 2.79 bits per heavy atom. The number of phenolic OH excluding ortho intramolecular Hbond substituents is 1. The molecule has 1 heterocycles. The van der Waals surface area contributed by atoms with Gasteiger partial charge < -0.3 is 14.6 Å². The molecule has 0 amide bonds. The van der Waals surface area contributed by atoms with Crippen LogP contribution in [0, 0.1) is 17.3 Å². The van der Waals surface area contributed by atoms with E-state index in [1.807, 2.05) is 12.1 Å². The number of rotatable bonds is 0. The van der Waals surface area contributed by atoms with Gasteiger partial charge in [0.05, 0.1) is 18.0 Å². The molecule has 4 heteroatoms. The Balaban J connectivity index is 1.53. The van der Waals surface area contributed by atoms with Crippen molar-refractivity contribution in [2.24, 2.45) is 17.3 Å². The molecule has 24 heavy (non-hydrogen) atoms. The summed E-state index contributed by atoms with van der Waals surface area (Å²) in [7, 11) is 0. The van der Waals surface area contributed by atoms with Crippen LogP contribution in [-0.4, -0.2) is 28.9 Å². The molecule has 5 atom stereocenters. The lowest BCUT2D eigenvalue weighted by atomic mass is 9.55. The number of aromatic hydroxyl groups is 1. The van der Waals surface area contributed by atoms with E-state index in [0.29, 0.717) is 28.3 Å². The highest BCUT2D eigenvalue weighted by Gasteiger charge is 2.68. The minimum Gasteiger partial charge on any atom is -0.508 e. The van der Waals surface area contributed by atoms with Gasteiger partial charge in [-0.1, -0.05) is 28.9 Å². The first kappa shape index (κ1) is 15.7. The summed E-state index contributed by atoms with van der Waals surface area (Å²) in [4.78, 5) is 0.294. The maximum absolute atomic E-state index is 9.81. The molecule has 5 rings (SSSR count). The van der Waals surface area contributed by atoms with Gasteiger partial charge in [-0.25, -0.2) is 0 Å². The van der Waals surface area contributed by atoms with Crippen LogP contribution < -0.4 is 0 Å². The molecule has 1 aromatic carbocycles. The third-order valence-electron chi connectivity index (χ3n) is 7.49. The van der Waals surface area contributed by atoms with Crippen molar-refractivity contribution in [1.29, 1.82) is 0 Å². The molecule has 0 bridgehead atoms. The van der Waals surface area contributed by atoms with Gasteiger partial charge in [-0.05, 0) is 73.1 Å². The molecule has 1 N–H and O–H groups in total. The standard InChI is InChI=1S/C20H25BrO3/c1-19-7-6-15-14-5-3-13(22)10-12(14)2-4-16(15)17(19)11-18(21)20(19)23-8-9-24-20/h3,5,10,15-18,22H,2,4,6-9,11H2,1H3/t15-,16+,17-,18+,19-/m0/s1.